The zero-order valence-electron chi connectivity index (χ0n) is 17.5. The molecule has 4 rings (SSSR count). The minimum Gasteiger partial charge on any atom is -0.475 e. The number of hydrogen-bond donors (Lipinski definition) is 1. The van der Waals surface area contributed by atoms with Crippen molar-refractivity contribution in [3.8, 4) is 0 Å². The minimum absolute atomic E-state index is 0.485. The number of methoxy groups -OCH3 is 1. The number of aliphatic carboxylic acids is 1. The van der Waals surface area contributed by atoms with Crippen molar-refractivity contribution < 1.29 is 27.8 Å². The third kappa shape index (κ3) is 6.30. The molecular formula is C20H28F3N5O3. The first-order valence-electron chi connectivity index (χ1n) is 10.4. The number of likely N-dealkylation sites (tertiary alicyclic amines) is 1. The van der Waals surface area contributed by atoms with Crippen molar-refractivity contribution in [2.24, 2.45) is 0 Å². The summed E-state index contributed by atoms with van der Waals surface area (Å²) in [5.41, 5.74) is 2.24. The summed E-state index contributed by atoms with van der Waals surface area (Å²) in [4.78, 5) is 18.6. The first-order chi connectivity index (χ1) is 14.8. The predicted molar refractivity (Wildman–Crippen MR) is 108 cm³/mol. The second-order valence-corrected chi connectivity index (χ2v) is 7.77. The van der Waals surface area contributed by atoms with Gasteiger partial charge >= 0.3 is 12.1 Å². The molecule has 0 aliphatic carbocycles. The Hall–Kier alpha value is -2.40. The molecule has 0 atom stereocenters. The number of rotatable bonds is 5. The quantitative estimate of drug-likeness (QED) is 0.761. The summed E-state index contributed by atoms with van der Waals surface area (Å²) in [5, 5.41) is 11.9. The Kier molecular flexibility index (Phi) is 7.71. The molecule has 2 aliphatic rings. The van der Waals surface area contributed by atoms with E-state index in [-0.39, 0.29) is 0 Å². The highest BCUT2D eigenvalue weighted by Crippen LogP contribution is 2.27. The van der Waals surface area contributed by atoms with Gasteiger partial charge in [0.2, 0.25) is 0 Å². The number of carboxylic acids is 1. The number of nitrogens with zero attached hydrogens (tertiary/aromatic N) is 5. The number of halogens is 3. The van der Waals surface area contributed by atoms with E-state index in [4.69, 9.17) is 24.7 Å². The Labute approximate surface area is 178 Å². The maximum absolute atomic E-state index is 10.6. The van der Waals surface area contributed by atoms with Gasteiger partial charge in [-0.25, -0.2) is 14.3 Å². The average molecular weight is 443 g/mol. The fourth-order valence-corrected chi connectivity index (χ4v) is 3.86. The standard InChI is InChI=1S/C18H27N5O.C2HF3O2/c1-24-13-12-21-10-6-15(7-11-21)18-19-17-5-4-16(14-23(17)20-18)22-8-2-3-9-22;3-2(4,5)1(6)7/h4-5,14-15H,2-3,6-13H2,1H3;(H,6,7). The Morgan fingerprint density at radius 3 is 2.42 bits per heavy atom. The van der Waals surface area contributed by atoms with Crippen LogP contribution >= 0.6 is 0 Å². The number of alkyl halides is 3. The van der Waals surface area contributed by atoms with Gasteiger partial charge in [-0.3, -0.25) is 0 Å². The van der Waals surface area contributed by atoms with Crippen LogP contribution in [0.4, 0.5) is 18.9 Å². The molecule has 4 heterocycles. The van der Waals surface area contributed by atoms with Gasteiger partial charge in [-0.05, 0) is 50.9 Å². The monoisotopic (exact) mass is 443 g/mol. The van der Waals surface area contributed by atoms with Crippen LogP contribution in [0.5, 0.6) is 0 Å². The van der Waals surface area contributed by atoms with Gasteiger partial charge in [0.05, 0.1) is 18.5 Å². The molecule has 0 spiro atoms. The zero-order chi connectivity index (χ0) is 22.4. The summed E-state index contributed by atoms with van der Waals surface area (Å²) in [7, 11) is 1.77. The van der Waals surface area contributed by atoms with E-state index in [0.29, 0.717) is 5.92 Å². The summed E-state index contributed by atoms with van der Waals surface area (Å²) < 4.78 is 38.9. The molecule has 2 fully saturated rings. The van der Waals surface area contributed by atoms with Crippen LogP contribution in [-0.4, -0.2) is 83.2 Å². The van der Waals surface area contributed by atoms with E-state index >= 15 is 0 Å². The van der Waals surface area contributed by atoms with Crippen molar-refractivity contribution in [1.29, 1.82) is 0 Å². The largest absolute Gasteiger partial charge is 0.490 e. The Balaban J connectivity index is 0.000000339. The molecule has 31 heavy (non-hydrogen) atoms. The minimum atomic E-state index is -5.08. The molecule has 0 bridgehead atoms. The Morgan fingerprint density at radius 1 is 1.19 bits per heavy atom. The molecule has 172 valence electrons. The number of aromatic nitrogens is 3. The van der Waals surface area contributed by atoms with Crippen LogP contribution in [0, 0.1) is 0 Å². The molecule has 2 saturated heterocycles. The van der Waals surface area contributed by atoms with Crippen molar-refractivity contribution in [1.82, 2.24) is 19.5 Å². The predicted octanol–water partition coefficient (Wildman–Crippen LogP) is 2.79. The lowest BCUT2D eigenvalue weighted by Gasteiger charge is -2.30. The zero-order valence-corrected chi connectivity index (χ0v) is 17.5. The van der Waals surface area contributed by atoms with Crippen LogP contribution in [0.25, 0.3) is 5.65 Å². The van der Waals surface area contributed by atoms with Gasteiger partial charge in [-0.2, -0.15) is 18.3 Å². The summed E-state index contributed by atoms with van der Waals surface area (Å²) in [6, 6.07) is 4.30. The summed E-state index contributed by atoms with van der Waals surface area (Å²) in [6.45, 7) is 6.39. The lowest BCUT2D eigenvalue weighted by molar-refractivity contribution is -0.192. The van der Waals surface area contributed by atoms with E-state index in [0.717, 1.165) is 63.6 Å². The number of hydrogen-bond acceptors (Lipinski definition) is 6. The van der Waals surface area contributed by atoms with Crippen molar-refractivity contribution in [3.05, 3.63) is 24.2 Å². The summed E-state index contributed by atoms with van der Waals surface area (Å²) in [6.07, 6.45) is 1.93. The lowest BCUT2D eigenvalue weighted by Crippen LogP contribution is -2.35. The topological polar surface area (TPSA) is 83.2 Å². The SMILES string of the molecule is COCCN1CCC(c2nc3ccc(N4CCCC4)cn3n2)CC1.O=C(O)C(F)(F)F. The third-order valence-electron chi connectivity index (χ3n) is 5.61. The van der Waals surface area contributed by atoms with Crippen LogP contribution in [0.3, 0.4) is 0 Å². The normalized spacial score (nSPS) is 18.3. The number of pyridine rings is 1. The van der Waals surface area contributed by atoms with E-state index in [9.17, 15) is 13.2 Å². The average Bonchev–Trinajstić information content (AvgIpc) is 3.41. The van der Waals surface area contributed by atoms with Gasteiger partial charge < -0.3 is 19.6 Å². The van der Waals surface area contributed by atoms with Crippen LogP contribution < -0.4 is 4.90 Å². The number of ether oxygens (including phenoxy) is 1. The fraction of sp³-hybridized carbons (Fsp3) is 0.650. The molecule has 1 N–H and O–H groups in total. The van der Waals surface area contributed by atoms with Gasteiger partial charge in [0.25, 0.3) is 0 Å². The van der Waals surface area contributed by atoms with Crippen LogP contribution in [-0.2, 0) is 9.53 Å². The number of anilines is 1. The van der Waals surface area contributed by atoms with Crippen LogP contribution in [0.15, 0.2) is 18.3 Å². The molecule has 0 amide bonds. The van der Waals surface area contributed by atoms with E-state index in [2.05, 4.69) is 28.1 Å². The molecule has 0 radical (unpaired) electrons. The Morgan fingerprint density at radius 2 is 1.84 bits per heavy atom. The van der Waals surface area contributed by atoms with Gasteiger partial charge in [-0.1, -0.05) is 0 Å². The smallest absolute Gasteiger partial charge is 0.475 e. The Bertz CT molecular complexity index is 859. The maximum Gasteiger partial charge on any atom is 0.490 e. The molecule has 8 nitrogen and oxygen atoms in total. The molecule has 2 aliphatic heterocycles. The molecule has 2 aromatic heterocycles. The first kappa shape index (κ1) is 23.3. The molecule has 0 saturated carbocycles. The van der Waals surface area contributed by atoms with Gasteiger partial charge in [-0.15, -0.1) is 0 Å². The van der Waals surface area contributed by atoms with Gasteiger partial charge in [0.1, 0.15) is 0 Å². The second kappa shape index (κ2) is 10.3. The molecular weight excluding hydrogens is 415 g/mol. The van der Waals surface area contributed by atoms with Crippen molar-refractivity contribution in [2.75, 3.05) is 51.3 Å². The molecule has 0 unspecified atom stereocenters. The number of fused-ring (bicyclic) bond motifs is 1. The van der Waals surface area contributed by atoms with E-state index < -0.39 is 12.1 Å². The first-order valence-corrected chi connectivity index (χ1v) is 10.4. The maximum atomic E-state index is 10.6. The number of carbonyl (C=O) groups is 1. The highest BCUT2D eigenvalue weighted by molar-refractivity contribution is 5.73. The number of carboxylic acid groups (broad SMARTS) is 1. The number of piperidine rings is 1. The fourth-order valence-electron chi connectivity index (χ4n) is 3.86. The van der Waals surface area contributed by atoms with Crippen molar-refractivity contribution >= 4 is 17.3 Å². The lowest BCUT2D eigenvalue weighted by atomic mass is 9.96. The second-order valence-electron chi connectivity index (χ2n) is 7.77. The van der Waals surface area contributed by atoms with Gasteiger partial charge in [0, 0.05) is 32.7 Å². The van der Waals surface area contributed by atoms with Crippen LogP contribution in [0.1, 0.15) is 37.4 Å². The van der Waals surface area contributed by atoms with Gasteiger partial charge in [0.15, 0.2) is 11.5 Å². The third-order valence-corrected chi connectivity index (χ3v) is 5.61. The van der Waals surface area contributed by atoms with E-state index in [1.54, 1.807) is 7.11 Å². The highest BCUT2D eigenvalue weighted by atomic mass is 19.4. The molecule has 2 aromatic rings. The van der Waals surface area contributed by atoms with Crippen molar-refractivity contribution in [2.45, 2.75) is 37.8 Å². The van der Waals surface area contributed by atoms with Crippen molar-refractivity contribution in [3.63, 3.8) is 0 Å². The highest BCUT2D eigenvalue weighted by Gasteiger charge is 2.38. The molecule has 11 heteroatoms. The van der Waals surface area contributed by atoms with E-state index in [1.165, 1.54) is 18.5 Å². The summed E-state index contributed by atoms with van der Waals surface area (Å²) in [5.74, 6) is -1.26. The summed E-state index contributed by atoms with van der Waals surface area (Å²) >= 11 is 0. The van der Waals surface area contributed by atoms with Crippen LogP contribution in [0.2, 0.25) is 0 Å². The van der Waals surface area contributed by atoms with E-state index in [1.807, 2.05) is 4.52 Å². The molecule has 0 aromatic carbocycles.